The van der Waals surface area contributed by atoms with Crippen LogP contribution in [-0.4, -0.2) is 30.5 Å². The standard InChI is InChI=1S/C22H26N4O4/c1-13-10-14(2)20(15(3)11-13)24-19(27)12-16(4)25-26-22(29)21(28)23-17-8-6-7-9-18(17)30-5/h6-11H,12H2,1-5H3,(H,23,28)(H,24,27)(H,26,29). The van der Waals surface area contributed by atoms with Gasteiger partial charge in [0.05, 0.1) is 19.2 Å². The number of benzene rings is 2. The number of amides is 3. The van der Waals surface area contributed by atoms with Gasteiger partial charge in [-0.1, -0.05) is 29.8 Å². The van der Waals surface area contributed by atoms with Crippen LogP contribution in [0.4, 0.5) is 11.4 Å². The Morgan fingerprint density at radius 3 is 2.23 bits per heavy atom. The molecule has 0 aliphatic rings. The molecule has 0 radical (unpaired) electrons. The molecule has 0 unspecified atom stereocenters. The third kappa shape index (κ3) is 6.16. The third-order valence-corrected chi connectivity index (χ3v) is 4.27. The predicted octanol–water partition coefficient (Wildman–Crippen LogP) is 3.08. The molecule has 0 fully saturated rings. The fourth-order valence-corrected chi connectivity index (χ4v) is 2.96. The van der Waals surface area contributed by atoms with Crippen molar-refractivity contribution < 1.29 is 19.1 Å². The molecule has 2 aromatic carbocycles. The van der Waals surface area contributed by atoms with Crippen LogP contribution in [0.2, 0.25) is 0 Å². The second-order valence-corrected chi connectivity index (χ2v) is 6.94. The summed E-state index contributed by atoms with van der Waals surface area (Å²) >= 11 is 0. The molecular weight excluding hydrogens is 384 g/mol. The van der Waals surface area contributed by atoms with Gasteiger partial charge in [0.1, 0.15) is 5.75 Å². The molecule has 2 aromatic rings. The molecule has 0 bridgehead atoms. The van der Waals surface area contributed by atoms with Crippen LogP contribution >= 0.6 is 0 Å². The van der Waals surface area contributed by atoms with E-state index in [1.807, 2.05) is 32.9 Å². The summed E-state index contributed by atoms with van der Waals surface area (Å²) in [7, 11) is 1.46. The van der Waals surface area contributed by atoms with Crippen LogP contribution in [-0.2, 0) is 14.4 Å². The summed E-state index contributed by atoms with van der Waals surface area (Å²) in [6, 6.07) is 10.7. The Balaban J connectivity index is 1.92. The molecule has 0 saturated carbocycles. The number of nitrogens with one attached hydrogen (secondary N) is 3. The quantitative estimate of drug-likeness (QED) is 0.386. The molecule has 3 N–H and O–H groups in total. The summed E-state index contributed by atoms with van der Waals surface area (Å²) in [5.74, 6) is -1.69. The van der Waals surface area contributed by atoms with Crippen LogP contribution in [0.3, 0.4) is 0 Å². The molecule has 0 atom stereocenters. The van der Waals surface area contributed by atoms with Gasteiger partial charge in [-0.3, -0.25) is 14.4 Å². The second kappa shape index (κ2) is 10.2. The van der Waals surface area contributed by atoms with E-state index in [2.05, 4.69) is 21.2 Å². The third-order valence-electron chi connectivity index (χ3n) is 4.27. The van der Waals surface area contributed by atoms with Crippen LogP contribution in [0.5, 0.6) is 5.75 Å². The molecule has 8 nitrogen and oxygen atoms in total. The normalized spacial score (nSPS) is 10.9. The maximum Gasteiger partial charge on any atom is 0.329 e. The minimum atomic E-state index is -0.953. The first-order valence-corrected chi connectivity index (χ1v) is 9.36. The van der Waals surface area contributed by atoms with Crippen molar-refractivity contribution in [2.45, 2.75) is 34.1 Å². The van der Waals surface area contributed by atoms with Gasteiger partial charge >= 0.3 is 11.8 Å². The van der Waals surface area contributed by atoms with E-state index in [0.717, 1.165) is 22.4 Å². The van der Waals surface area contributed by atoms with Crippen molar-refractivity contribution in [3.63, 3.8) is 0 Å². The van der Waals surface area contributed by atoms with Gasteiger partial charge in [0.15, 0.2) is 0 Å². The van der Waals surface area contributed by atoms with Gasteiger partial charge in [0.25, 0.3) is 0 Å². The lowest BCUT2D eigenvalue weighted by atomic mass is 10.0. The van der Waals surface area contributed by atoms with Crippen molar-refractivity contribution in [1.29, 1.82) is 0 Å². The first-order chi connectivity index (χ1) is 14.2. The molecule has 3 amide bonds. The summed E-state index contributed by atoms with van der Waals surface area (Å²) in [5.41, 5.74) is 6.70. The van der Waals surface area contributed by atoms with Crippen molar-refractivity contribution in [3.05, 3.63) is 53.1 Å². The number of hydrogen-bond acceptors (Lipinski definition) is 5. The van der Waals surface area contributed by atoms with E-state index in [-0.39, 0.29) is 12.3 Å². The Morgan fingerprint density at radius 1 is 0.967 bits per heavy atom. The molecule has 0 heterocycles. The number of ether oxygens (including phenoxy) is 1. The fourth-order valence-electron chi connectivity index (χ4n) is 2.96. The first kappa shape index (κ1) is 22.6. The number of carbonyl (C=O) groups is 3. The predicted molar refractivity (Wildman–Crippen MR) is 117 cm³/mol. The van der Waals surface area contributed by atoms with E-state index < -0.39 is 11.8 Å². The molecule has 30 heavy (non-hydrogen) atoms. The maximum absolute atomic E-state index is 12.3. The van der Waals surface area contributed by atoms with Gasteiger partial charge in [0.2, 0.25) is 5.91 Å². The lowest BCUT2D eigenvalue weighted by molar-refractivity contribution is -0.136. The Labute approximate surface area is 175 Å². The van der Waals surface area contributed by atoms with Crippen molar-refractivity contribution in [3.8, 4) is 5.75 Å². The minimum absolute atomic E-state index is 0.0266. The summed E-state index contributed by atoms with van der Waals surface area (Å²) in [6.07, 6.45) is -0.0266. The molecular formula is C22H26N4O4. The zero-order valence-corrected chi connectivity index (χ0v) is 17.8. The number of carbonyl (C=O) groups excluding carboxylic acids is 3. The van der Waals surface area contributed by atoms with Gasteiger partial charge in [-0.25, -0.2) is 5.43 Å². The molecule has 0 aliphatic carbocycles. The topological polar surface area (TPSA) is 109 Å². The van der Waals surface area contributed by atoms with Crippen molar-refractivity contribution in [2.24, 2.45) is 5.10 Å². The summed E-state index contributed by atoms with van der Waals surface area (Å²) in [5, 5.41) is 9.15. The Hall–Kier alpha value is -3.68. The van der Waals surface area contributed by atoms with Gasteiger partial charge in [-0.15, -0.1) is 0 Å². The fraction of sp³-hybridized carbons (Fsp3) is 0.273. The van der Waals surface area contributed by atoms with Gasteiger partial charge in [-0.05, 0) is 51.0 Å². The molecule has 0 aromatic heterocycles. The summed E-state index contributed by atoms with van der Waals surface area (Å²) in [4.78, 5) is 36.3. The number of nitrogens with zero attached hydrogens (tertiary/aromatic N) is 1. The van der Waals surface area contributed by atoms with E-state index in [0.29, 0.717) is 17.1 Å². The van der Waals surface area contributed by atoms with Crippen LogP contribution < -0.4 is 20.8 Å². The Kier molecular flexibility index (Phi) is 7.69. The van der Waals surface area contributed by atoms with Gasteiger partial charge in [-0.2, -0.15) is 5.10 Å². The van der Waals surface area contributed by atoms with Gasteiger partial charge in [0, 0.05) is 11.4 Å². The highest BCUT2D eigenvalue weighted by atomic mass is 16.5. The molecule has 2 rings (SSSR count). The average Bonchev–Trinajstić information content (AvgIpc) is 2.69. The second-order valence-electron chi connectivity index (χ2n) is 6.94. The number of rotatable bonds is 6. The van der Waals surface area contributed by atoms with Crippen LogP contribution in [0.1, 0.15) is 30.0 Å². The zero-order valence-electron chi connectivity index (χ0n) is 17.8. The summed E-state index contributed by atoms with van der Waals surface area (Å²) < 4.78 is 5.12. The van der Waals surface area contributed by atoms with E-state index in [1.165, 1.54) is 7.11 Å². The van der Waals surface area contributed by atoms with E-state index in [1.54, 1.807) is 31.2 Å². The van der Waals surface area contributed by atoms with Crippen molar-refractivity contribution in [2.75, 3.05) is 17.7 Å². The SMILES string of the molecule is COc1ccccc1NC(=O)C(=O)NN=C(C)CC(=O)Nc1c(C)cc(C)cc1C. The average molecular weight is 410 g/mol. The Bertz CT molecular complexity index is 975. The molecule has 8 heteroatoms. The van der Waals surface area contributed by atoms with Crippen molar-refractivity contribution >= 4 is 34.8 Å². The lowest BCUT2D eigenvalue weighted by Crippen LogP contribution is -2.33. The summed E-state index contributed by atoms with van der Waals surface area (Å²) in [6.45, 7) is 7.44. The number of hydrazone groups is 1. The van der Waals surface area contributed by atoms with Gasteiger partial charge < -0.3 is 15.4 Å². The monoisotopic (exact) mass is 410 g/mol. The van der Waals surface area contributed by atoms with Crippen molar-refractivity contribution in [1.82, 2.24) is 5.43 Å². The largest absolute Gasteiger partial charge is 0.495 e. The number of methoxy groups -OCH3 is 1. The number of aryl methyl sites for hydroxylation is 3. The number of hydrogen-bond donors (Lipinski definition) is 3. The van der Waals surface area contributed by atoms with E-state index in [9.17, 15) is 14.4 Å². The lowest BCUT2D eigenvalue weighted by Gasteiger charge is -2.13. The van der Waals surface area contributed by atoms with Crippen LogP contribution in [0, 0.1) is 20.8 Å². The first-order valence-electron chi connectivity index (χ1n) is 9.36. The van der Waals surface area contributed by atoms with E-state index >= 15 is 0 Å². The molecule has 0 saturated heterocycles. The Morgan fingerprint density at radius 2 is 1.60 bits per heavy atom. The molecule has 0 spiro atoms. The molecule has 0 aliphatic heterocycles. The zero-order chi connectivity index (χ0) is 22.3. The smallest absolute Gasteiger partial charge is 0.329 e. The number of anilines is 2. The highest BCUT2D eigenvalue weighted by molar-refractivity contribution is 6.39. The van der Waals surface area contributed by atoms with E-state index in [4.69, 9.17) is 4.74 Å². The molecule has 158 valence electrons. The maximum atomic E-state index is 12.3. The highest BCUT2D eigenvalue weighted by Gasteiger charge is 2.16. The minimum Gasteiger partial charge on any atom is -0.495 e. The highest BCUT2D eigenvalue weighted by Crippen LogP contribution is 2.23. The van der Waals surface area contributed by atoms with Crippen LogP contribution in [0.15, 0.2) is 41.5 Å². The number of para-hydroxylation sites is 2. The van der Waals surface area contributed by atoms with Crippen LogP contribution in [0.25, 0.3) is 0 Å².